The molecule has 0 aromatic heterocycles. The molecule has 0 heterocycles. The van der Waals surface area contributed by atoms with Crippen molar-refractivity contribution in [2.75, 3.05) is 0 Å². The first-order valence-electron chi connectivity index (χ1n) is 4.09. The summed E-state index contributed by atoms with van der Waals surface area (Å²) in [7, 11) is 0. The van der Waals surface area contributed by atoms with Gasteiger partial charge in [0.15, 0.2) is 0 Å². The summed E-state index contributed by atoms with van der Waals surface area (Å²) in [6, 6.07) is 0. The van der Waals surface area contributed by atoms with Crippen molar-refractivity contribution in [1.82, 2.24) is 0 Å². The van der Waals surface area contributed by atoms with Crippen molar-refractivity contribution in [3.05, 3.63) is 6.92 Å². The fraction of sp³-hybridized carbons (Fsp3) is 0.889. The van der Waals surface area contributed by atoms with E-state index in [2.05, 4.69) is 27.7 Å². The fourth-order valence-electron chi connectivity index (χ4n) is 1.29. The minimum atomic E-state index is 0.681. The molecule has 0 nitrogen and oxygen atoms in total. The molecule has 0 spiro atoms. The van der Waals surface area contributed by atoms with Gasteiger partial charge in [-0.15, -0.1) is 0 Å². The Balaban J connectivity index is 3.50. The zero-order valence-corrected chi connectivity index (χ0v) is 6.98. The normalized spacial score (nSPS) is 14.3. The Kier molecular flexibility index (Phi) is 4.84. The Hall–Kier alpha value is 0. The molecule has 0 aromatic rings. The van der Waals surface area contributed by atoms with Gasteiger partial charge in [-0.25, -0.2) is 0 Å². The first kappa shape index (κ1) is 9.00. The predicted molar refractivity (Wildman–Crippen MR) is 43.2 cm³/mol. The van der Waals surface area contributed by atoms with E-state index in [1.54, 1.807) is 0 Å². The molecule has 1 atom stereocenters. The second-order valence-electron chi connectivity index (χ2n) is 2.74. The topological polar surface area (TPSA) is 0 Å². The second-order valence-corrected chi connectivity index (χ2v) is 2.74. The molecule has 0 saturated carbocycles. The highest BCUT2D eigenvalue weighted by molar-refractivity contribution is 4.67. The van der Waals surface area contributed by atoms with Crippen LogP contribution in [0.15, 0.2) is 0 Å². The van der Waals surface area contributed by atoms with Gasteiger partial charge >= 0.3 is 0 Å². The second kappa shape index (κ2) is 4.84. The van der Waals surface area contributed by atoms with Crippen LogP contribution in [0.1, 0.15) is 40.0 Å². The van der Waals surface area contributed by atoms with Crippen molar-refractivity contribution in [1.29, 1.82) is 0 Å². The van der Waals surface area contributed by atoms with Crippen molar-refractivity contribution in [3.63, 3.8) is 0 Å². The smallest absolute Gasteiger partial charge is 0.0555 e. The summed E-state index contributed by atoms with van der Waals surface area (Å²) in [5, 5.41) is 0. The minimum Gasteiger partial charge on any atom is -0.340 e. The molecule has 0 saturated heterocycles. The lowest BCUT2D eigenvalue weighted by Crippen LogP contribution is -2.08. The fourth-order valence-corrected chi connectivity index (χ4v) is 1.29. The van der Waals surface area contributed by atoms with E-state index in [-0.39, 0.29) is 0 Å². The molecule has 0 heteroatoms. The van der Waals surface area contributed by atoms with Crippen LogP contribution in [0.25, 0.3) is 0 Å². The first-order chi connectivity index (χ1) is 4.26. The van der Waals surface area contributed by atoms with E-state index >= 15 is 0 Å². The zero-order valence-electron chi connectivity index (χ0n) is 6.98. The third-order valence-corrected chi connectivity index (χ3v) is 2.24. The van der Waals surface area contributed by atoms with E-state index in [0.29, 0.717) is 5.92 Å². The summed E-state index contributed by atoms with van der Waals surface area (Å²) in [6.45, 7) is 10.8. The highest BCUT2D eigenvalue weighted by Crippen LogP contribution is 2.20. The van der Waals surface area contributed by atoms with Crippen LogP contribution in [0.2, 0.25) is 0 Å². The maximum Gasteiger partial charge on any atom is -0.0555 e. The number of hydrogen-bond acceptors (Lipinski definition) is 0. The van der Waals surface area contributed by atoms with Crippen molar-refractivity contribution in [2.45, 2.75) is 40.0 Å². The Morgan fingerprint density at radius 2 is 1.44 bits per heavy atom. The molecule has 9 heavy (non-hydrogen) atoms. The third-order valence-electron chi connectivity index (χ3n) is 2.24. The molecule has 0 radical (unpaired) electrons. The van der Waals surface area contributed by atoms with Crippen LogP contribution < -0.4 is 0 Å². The van der Waals surface area contributed by atoms with E-state index in [9.17, 15) is 0 Å². The van der Waals surface area contributed by atoms with Gasteiger partial charge in [0.2, 0.25) is 0 Å². The van der Waals surface area contributed by atoms with E-state index in [1.165, 1.54) is 19.3 Å². The Morgan fingerprint density at radius 3 is 1.56 bits per heavy atom. The molecule has 0 aliphatic heterocycles. The van der Waals surface area contributed by atoms with Gasteiger partial charge in [-0.05, 0) is 0 Å². The molecule has 0 amide bonds. The molecule has 0 aromatic carbocycles. The average Bonchev–Trinajstić information content (AvgIpc) is 1.90. The summed E-state index contributed by atoms with van der Waals surface area (Å²) < 4.78 is 0. The molecule has 0 bridgehead atoms. The van der Waals surface area contributed by atoms with Crippen LogP contribution in [0.4, 0.5) is 0 Å². The average molecular weight is 127 g/mol. The van der Waals surface area contributed by atoms with E-state index in [4.69, 9.17) is 0 Å². The maximum atomic E-state index is 4.10. The Morgan fingerprint density at radius 1 is 1.00 bits per heavy atom. The molecule has 56 valence electrons. The van der Waals surface area contributed by atoms with Crippen LogP contribution in [0, 0.1) is 18.8 Å². The van der Waals surface area contributed by atoms with Gasteiger partial charge in [0.05, 0.1) is 0 Å². The maximum absolute atomic E-state index is 4.10. The highest BCUT2D eigenvalue weighted by Gasteiger charge is 2.04. The Labute approximate surface area is 59.7 Å². The number of hydrogen-bond donors (Lipinski definition) is 0. The molecule has 0 aliphatic carbocycles. The molecular formula is C9H19-. The summed E-state index contributed by atoms with van der Waals surface area (Å²) >= 11 is 0. The lowest BCUT2D eigenvalue weighted by Gasteiger charge is -2.25. The zero-order chi connectivity index (χ0) is 7.28. The van der Waals surface area contributed by atoms with Gasteiger partial charge in [-0.3, -0.25) is 0 Å². The van der Waals surface area contributed by atoms with Gasteiger partial charge in [0.25, 0.3) is 0 Å². The monoisotopic (exact) mass is 127 g/mol. The highest BCUT2D eigenvalue weighted by atomic mass is 14.2. The summed E-state index contributed by atoms with van der Waals surface area (Å²) in [5.41, 5.74) is 0. The molecule has 1 unspecified atom stereocenters. The van der Waals surface area contributed by atoms with Crippen molar-refractivity contribution < 1.29 is 0 Å². The van der Waals surface area contributed by atoms with Gasteiger partial charge in [-0.2, -0.15) is 5.92 Å². The first-order valence-corrected chi connectivity index (χ1v) is 4.09. The van der Waals surface area contributed by atoms with E-state index in [0.717, 1.165) is 5.92 Å². The summed E-state index contributed by atoms with van der Waals surface area (Å²) in [5.74, 6) is 1.54. The predicted octanol–water partition coefficient (Wildman–Crippen LogP) is 3.28. The van der Waals surface area contributed by atoms with Crippen molar-refractivity contribution in [3.8, 4) is 0 Å². The quantitative estimate of drug-likeness (QED) is 0.508. The van der Waals surface area contributed by atoms with Crippen LogP contribution in [-0.2, 0) is 0 Å². The van der Waals surface area contributed by atoms with Crippen LogP contribution in [-0.4, -0.2) is 0 Å². The van der Waals surface area contributed by atoms with Gasteiger partial charge in [-0.1, -0.05) is 46.0 Å². The minimum absolute atomic E-state index is 0.681. The van der Waals surface area contributed by atoms with E-state index < -0.39 is 0 Å². The van der Waals surface area contributed by atoms with E-state index in [1.807, 2.05) is 0 Å². The van der Waals surface area contributed by atoms with Gasteiger partial charge in [0, 0.05) is 0 Å². The van der Waals surface area contributed by atoms with Gasteiger partial charge < -0.3 is 6.92 Å². The van der Waals surface area contributed by atoms with Crippen molar-refractivity contribution in [2.24, 2.45) is 11.8 Å². The molecular weight excluding hydrogens is 108 g/mol. The molecule has 0 N–H and O–H groups in total. The third kappa shape index (κ3) is 2.88. The summed E-state index contributed by atoms with van der Waals surface area (Å²) in [4.78, 5) is 0. The van der Waals surface area contributed by atoms with Crippen LogP contribution in [0.3, 0.4) is 0 Å². The molecule has 0 rings (SSSR count). The van der Waals surface area contributed by atoms with Crippen LogP contribution in [0.5, 0.6) is 0 Å². The lowest BCUT2D eigenvalue weighted by molar-refractivity contribution is 0.359. The Bertz CT molecular complexity index is 53.1. The van der Waals surface area contributed by atoms with Crippen LogP contribution >= 0.6 is 0 Å². The SMILES string of the molecule is [CH2-]C(CC)C(CC)CC. The molecule has 0 aliphatic rings. The van der Waals surface area contributed by atoms with Crippen molar-refractivity contribution >= 4 is 0 Å². The van der Waals surface area contributed by atoms with Gasteiger partial charge in [0.1, 0.15) is 0 Å². The largest absolute Gasteiger partial charge is 0.340 e. The summed E-state index contributed by atoms with van der Waals surface area (Å²) in [6.07, 6.45) is 3.81. The lowest BCUT2D eigenvalue weighted by atomic mass is 9.88. The number of rotatable bonds is 4. The molecule has 0 fully saturated rings. The standard InChI is InChI=1S/C9H19/c1-5-8(4)9(6-2)7-3/h8-9H,4-7H2,1-3H3/q-1.